The maximum Gasteiger partial charge on any atom is 0.335 e. The normalized spacial score (nSPS) is 17.6. The molecule has 2 aromatic rings. The van der Waals surface area contributed by atoms with E-state index in [1.165, 1.54) is 5.56 Å². The van der Waals surface area contributed by atoms with Crippen molar-refractivity contribution in [3.8, 4) is 0 Å². The van der Waals surface area contributed by atoms with Crippen molar-refractivity contribution < 1.29 is 9.90 Å². The van der Waals surface area contributed by atoms with Crippen molar-refractivity contribution in [3.05, 3.63) is 64.5 Å². The van der Waals surface area contributed by atoms with Gasteiger partial charge in [0.05, 0.1) is 11.3 Å². The summed E-state index contributed by atoms with van der Waals surface area (Å²) in [7, 11) is 0. The number of nitrogens with zero attached hydrogens (tertiary/aromatic N) is 1. The molecule has 3 nitrogen and oxygen atoms in total. The number of hydrogen-bond acceptors (Lipinski definition) is 2. The second-order valence-electron chi connectivity index (χ2n) is 5.37. The molecule has 3 heteroatoms. The van der Waals surface area contributed by atoms with Crippen LogP contribution in [0.4, 0.5) is 0 Å². The van der Waals surface area contributed by atoms with E-state index < -0.39 is 5.97 Å². The molecule has 0 bridgehead atoms. The maximum absolute atomic E-state index is 11.3. The zero-order chi connectivity index (χ0) is 14.1. The van der Waals surface area contributed by atoms with Crippen LogP contribution in [0.15, 0.2) is 36.5 Å². The van der Waals surface area contributed by atoms with E-state index in [4.69, 9.17) is 0 Å². The molecule has 0 amide bonds. The third kappa shape index (κ3) is 2.20. The van der Waals surface area contributed by atoms with Gasteiger partial charge in [0.2, 0.25) is 0 Å². The summed E-state index contributed by atoms with van der Waals surface area (Å²) < 4.78 is 0. The number of fused-ring (bicyclic) bond motifs is 1. The molecular weight excluding hydrogens is 250 g/mol. The Hall–Kier alpha value is -2.16. The molecular formula is C17H17NO2. The summed E-state index contributed by atoms with van der Waals surface area (Å²) in [5.41, 5.74) is 4.66. The van der Waals surface area contributed by atoms with Crippen molar-refractivity contribution >= 4 is 5.97 Å². The molecule has 1 aromatic carbocycles. The van der Waals surface area contributed by atoms with Gasteiger partial charge in [0.25, 0.3) is 0 Å². The molecule has 3 rings (SSSR count). The van der Waals surface area contributed by atoms with Crippen molar-refractivity contribution in [3.63, 3.8) is 0 Å². The van der Waals surface area contributed by atoms with Crippen molar-refractivity contribution in [1.82, 2.24) is 4.98 Å². The van der Waals surface area contributed by atoms with Gasteiger partial charge in [-0.05, 0) is 55.0 Å². The number of aromatic carboxylic acids is 1. The van der Waals surface area contributed by atoms with Crippen LogP contribution >= 0.6 is 0 Å². The Balaban J connectivity index is 2.07. The fraction of sp³-hybridized carbons (Fsp3) is 0.294. The molecule has 1 aliphatic carbocycles. The Labute approximate surface area is 118 Å². The Morgan fingerprint density at radius 2 is 2.20 bits per heavy atom. The number of aromatic nitrogens is 1. The fourth-order valence-corrected chi connectivity index (χ4v) is 3.02. The number of carboxylic acids is 1. The molecule has 0 radical (unpaired) electrons. The van der Waals surface area contributed by atoms with Gasteiger partial charge in [-0.3, -0.25) is 4.98 Å². The zero-order valence-electron chi connectivity index (χ0n) is 11.5. The molecule has 1 unspecified atom stereocenters. The molecule has 1 atom stereocenters. The van der Waals surface area contributed by atoms with E-state index in [2.05, 4.69) is 11.1 Å². The molecule has 102 valence electrons. The molecule has 1 aliphatic rings. The first kappa shape index (κ1) is 12.9. The Morgan fingerprint density at radius 1 is 1.35 bits per heavy atom. The standard InChI is InChI=1S/C17H17NO2/c1-11-7-8-13(10-15(11)17(19)20)14-6-2-4-12-5-3-9-18-16(12)14/h3,5,7-10,14H,2,4,6H2,1H3,(H,19,20). The lowest BCUT2D eigenvalue weighted by atomic mass is 9.81. The van der Waals surface area contributed by atoms with E-state index in [0.717, 1.165) is 36.1 Å². The molecule has 0 aliphatic heterocycles. The largest absolute Gasteiger partial charge is 0.478 e. The SMILES string of the molecule is Cc1ccc(C2CCCc3cccnc32)cc1C(=O)O. The summed E-state index contributed by atoms with van der Waals surface area (Å²) in [5.74, 6) is -0.639. The molecule has 1 N–H and O–H groups in total. The van der Waals surface area contributed by atoms with Gasteiger partial charge >= 0.3 is 5.97 Å². The van der Waals surface area contributed by atoms with Crippen LogP contribution in [0.2, 0.25) is 0 Å². The molecule has 1 heterocycles. The second-order valence-corrected chi connectivity index (χ2v) is 5.37. The third-order valence-corrected chi connectivity index (χ3v) is 4.09. The first-order valence-electron chi connectivity index (χ1n) is 6.94. The van der Waals surface area contributed by atoms with Gasteiger partial charge in [-0.15, -0.1) is 0 Å². The predicted octanol–water partition coefficient (Wildman–Crippen LogP) is 3.56. The number of aryl methyl sites for hydroxylation is 2. The van der Waals surface area contributed by atoms with Gasteiger partial charge in [0.15, 0.2) is 0 Å². The van der Waals surface area contributed by atoms with E-state index in [1.54, 1.807) is 0 Å². The number of carboxylic acid groups (broad SMARTS) is 1. The average molecular weight is 267 g/mol. The topological polar surface area (TPSA) is 50.2 Å². The van der Waals surface area contributed by atoms with Crippen molar-refractivity contribution in [2.75, 3.05) is 0 Å². The van der Waals surface area contributed by atoms with E-state index >= 15 is 0 Å². The average Bonchev–Trinajstić information content (AvgIpc) is 2.47. The molecule has 20 heavy (non-hydrogen) atoms. The van der Waals surface area contributed by atoms with Gasteiger partial charge in [-0.2, -0.15) is 0 Å². The van der Waals surface area contributed by atoms with Crippen LogP contribution in [0.1, 0.15) is 51.5 Å². The summed E-state index contributed by atoms with van der Waals surface area (Å²) in [6.45, 7) is 1.83. The summed E-state index contributed by atoms with van der Waals surface area (Å²) in [6.07, 6.45) is 5.05. The van der Waals surface area contributed by atoms with Gasteiger partial charge < -0.3 is 5.11 Å². The van der Waals surface area contributed by atoms with Crippen LogP contribution in [0, 0.1) is 6.92 Å². The van der Waals surface area contributed by atoms with Crippen LogP contribution in [0.5, 0.6) is 0 Å². The third-order valence-electron chi connectivity index (χ3n) is 4.09. The summed E-state index contributed by atoms with van der Waals surface area (Å²) in [5, 5.41) is 9.27. The predicted molar refractivity (Wildman–Crippen MR) is 77.2 cm³/mol. The number of benzene rings is 1. The van der Waals surface area contributed by atoms with E-state index in [-0.39, 0.29) is 5.92 Å². The lowest BCUT2D eigenvalue weighted by Crippen LogP contribution is -2.13. The molecule has 0 saturated heterocycles. The van der Waals surface area contributed by atoms with Crippen molar-refractivity contribution in [2.45, 2.75) is 32.1 Å². The number of rotatable bonds is 2. The van der Waals surface area contributed by atoms with Crippen LogP contribution in [-0.2, 0) is 6.42 Å². The van der Waals surface area contributed by atoms with Crippen LogP contribution < -0.4 is 0 Å². The van der Waals surface area contributed by atoms with Crippen molar-refractivity contribution in [1.29, 1.82) is 0 Å². The monoisotopic (exact) mass is 267 g/mol. The molecule has 1 aromatic heterocycles. The first-order valence-corrected chi connectivity index (χ1v) is 6.94. The lowest BCUT2D eigenvalue weighted by molar-refractivity contribution is 0.0696. The Kier molecular flexibility index (Phi) is 3.26. The smallest absolute Gasteiger partial charge is 0.335 e. The summed E-state index contributed by atoms with van der Waals surface area (Å²) in [4.78, 5) is 15.8. The van der Waals surface area contributed by atoms with Gasteiger partial charge in [-0.1, -0.05) is 18.2 Å². The van der Waals surface area contributed by atoms with Gasteiger partial charge in [-0.25, -0.2) is 4.79 Å². The van der Waals surface area contributed by atoms with Crippen LogP contribution in [-0.4, -0.2) is 16.1 Å². The second kappa shape index (κ2) is 5.08. The maximum atomic E-state index is 11.3. The van der Waals surface area contributed by atoms with E-state index in [9.17, 15) is 9.90 Å². The fourth-order valence-electron chi connectivity index (χ4n) is 3.02. The highest BCUT2D eigenvalue weighted by Gasteiger charge is 2.23. The Bertz CT molecular complexity index is 664. The first-order chi connectivity index (χ1) is 9.66. The highest BCUT2D eigenvalue weighted by atomic mass is 16.4. The molecule has 0 saturated carbocycles. The lowest BCUT2D eigenvalue weighted by Gasteiger charge is -2.25. The zero-order valence-corrected chi connectivity index (χ0v) is 11.5. The van der Waals surface area contributed by atoms with Gasteiger partial charge in [0.1, 0.15) is 0 Å². The minimum absolute atomic E-state index is 0.221. The highest BCUT2D eigenvalue weighted by molar-refractivity contribution is 5.89. The molecule has 0 spiro atoms. The highest BCUT2D eigenvalue weighted by Crippen LogP contribution is 2.35. The summed E-state index contributed by atoms with van der Waals surface area (Å²) in [6, 6.07) is 9.85. The summed E-state index contributed by atoms with van der Waals surface area (Å²) >= 11 is 0. The van der Waals surface area contributed by atoms with Crippen molar-refractivity contribution in [2.24, 2.45) is 0 Å². The van der Waals surface area contributed by atoms with Crippen LogP contribution in [0.25, 0.3) is 0 Å². The minimum atomic E-state index is -0.860. The van der Waals surface area contributed by atoms with E-state index in [0.29, 0.717) is 5.56 Å². The van der Waals surface area contributed by atoms with E-state index in [1.807, 2.05) is 37.4 Å². The number of carbonyl (C=O) groups is 1. The van der Waals surface area contributed by atoms with Crippen LogP contribution in [0.3, 0.4) is 0 Å². The minimum Gasteiger partial charge on any atom is -0.478 e. The number of hydrogen-bond donors (Lipinski definition) is 1. The molecule has 0 fully saturated rings. The number of pyridine rings is 1. The quantitative estimate of drug-likeness (QED) is 0.905. The van der Waals surface area contributed by atoms with Gasteiger partial charge in [0, 0.05) is 12.1 Å². The Morgan fingerprint density at radius 3 is 3.00 bits per heavy atom.